The molecule has 16 heteroatoms. The average Bonchev–Trinajstić information content (AvgIpc) is 3.26. The van der Waals surface area contributed by atoms with Crippen molar-refractivity contribution < 1.29 is 34.5 Å². The monoisotopic (exact) mass is 521 g/mol. The van der Waals surface area contributed by atoms with Crippen molar-refractivity contribution in [1.82, 2.24) is 30.4 Å². The third kappa shape index (κ3) is 4.49. The molecule has 1 fully saturated rings. The second kappa shape index (κ2) is 9.83. The van der Waals surface area contributed by atoms with Crippen molar-refractivity contribution in [2.75, 3.05) is 18.6 Å². The van der Waals surface area contributed by atoms with Crippen LogP contribution in [-0.2, 0) is 21.4 Å². The van der Waals surface area contributed by atoms with Gasteiger partial charge in [-0.25, -0.2) is 9.48 Å². The molecule has 35 heavy (non-hydrogen) atoms. The number of phenolic OH excluding ortho intramolecular Hbond substituents is 1. The Morgan fingerprint density at radius 3 is 2.80 bits per heavy atom. The van der Waals surface area contributed by atoms with Crippen LogP contribution >= 0.6 is 23.5 Å². The summed E-state index contributed by atoms with van der Waals surface area (Å²) in [6.45, 7) is 0. The first-order valence-electron chi connectivity index (χ1n) is 9.92. The quantitative estimate of drug-likeness (QED) is 0.116. The van der Waals surface area contributed by atoms with Gasteiger partial charge < -0.3 is 25.5 Å². The third-order valence-corrected chi connectivity index (χ3v) is 7.70. The second-order valence-electron chi connectivity index (χ2n) is 7.33. The summed E-state index contributed by atoms with van der Waals surface area (Å²) in [6, 6.07) is 2.89. The highest BCUT2D eigenvalue weighted by atomic mass is 32.2. The Morgan fingerprint density at radius 2 is 2.17 bits per heavy atom. The lowest BCUT2D eigenvalue weighted by atomic mass is 10.0. The Bertz CT molecular complexity index is 1260. The van der Waals surface area contributed by atoms with Gasteiger partial charge in [0.15, 0.2) is 17.2 Å². The zero-order valence-electron chi connectivity index (χ0n) is 18.3. The van der Waals surface area contributed by atoms with Crippen molar-refractivity contribution in [3.63, 3.8) is 0 Å². The Morgan fingerprint density at radius 1 is 1.40 bits per heavy atom. The van der Waals surface area contributed by atoms with Gasteiger partial charge in [0.1, 0.15) is 17.1 Å². The van der Waals surface area contributed by atoms with E-state index in [2.05, 4.69) is 26.0 Å². The summed E-state index contributed by atoms with van der Waals surface area (Å²) in [7, 11) is 2.98. The van der Waals surface area contributed by atoms with Crippen LogP contribution in [0, 0.1) is 0 Å². The lowest BCUT2D eigenvalue weighted by Crippen LogP contribution is -2.71. The highest BCUT2D eigenvalue weighted by molar-refractivity contribution is 8.01. The third-order valence-electron chi connectivity index (χ3n) is 5.26. The number of aryl methyl sites for hydroxylation is 1. The fraction of sp³-hybridized carbons (Fsp3) is 0.316. The second-order valence-corrected chi connectivity index (χ2v) is 9.37. The van der Waals surface area contributed by atoms with Gasteiger partial charge in [0.05, 0.1) is 7.11 Å². The van der Waals surface area contributed by atoms with Gasteiger partial charge in [0.25, 0.3) is 11.8 Å². The van der Waals surface area contributed by atoms with Gasteiger partial charge in [-0.15, -0.1) is 16.9 Å². The first kappa shape index (κ1) is 24.3. The Kier molecular flexibility index (Phi) is 6.83. The fourth-order valence-electron chi connectivity index (χ4n) is 3.56. The van der Waals surface area contributed by atoms with E-state index in [1.165, 1.54) is 53.5 Å². The first-order valence-corrected chi connectivity index (χ1v) is 12.0. The summed E-state index contributed by atoms with van der Waals surface area (Å²) >= 11 is 2.55. The van der Waals surface area contributed by atoms with Gasteiger partial charge in [0.2, 0.25) is 5.16 Å². The summed E-state index contributed by atoms with van der Waals surface area (Å²) in [5, 5.41) is 45.4. The van der Waals surface area contributed by atoms with Crippen LogP contribution in [0.2, 0.25) is 0 Å². The maximum Gasteiger partial charge on any atom is 0.352 e. The molecule has 2 aromatic rings. The lowest BCUT2D eigenvalue weighted by molar-refractivity contribution is -0.150. The molecule has 14 nitrogen and oxygen atoms in total. The molecule has 2 aliphatic heterocycles. The van der Waals surface area contributed by atoms with E-state index < -0.39 is 34.9 Å². The van der Waals surface area contributed by atoms with Crippen LogP contribution in [0.15, 0.2) is 39.8 Å². The number of thioether (sulfide) groups is 2. The predicted molar refractivity (Wildman–Crippen MR) is 122 cm³/mol. The number of fused-ring (bicyclic) bond motifs is 1. The number of nitrogens with zero attached hydrogens (tertiary/aromatic N) is 6. The van der Waals surface area contributed by atoms with Crippen LogP contribution in [0.3, 0.4) is 0 Å². The average molecular weight is 522 g/mol. The van der Waals surface area contributed by atoms with Crippen LogP contribution in [0.5, 0.6) is 11.5 Å². The lowest BCUT2D eigenvalue weighted by Gasteiger charge is -2.49. The number of carbonyl (C=O) groups excluding carboxylic acids is 2. The van der Waals surface area contributed by atoms with Gasteiger partial charge in [-0.1, -0.05) is 16.9 Å². The Balaban J connectivity index is 1.49. The van der Waals surface area contributed by atoms with Crippen molar-refractivity contribution in [2.45, 2.75) is 16.6 Å². The molecular weight excluding hydrogens is 502 g/mol. The van der Waals surface area contributed by atoms with E-state index >= 15 is 0 Å². The first-order chi connectivity index (χ1) is 16.8. The van der Waals surface area contributed by atoms with Gasteiger partial charge in [-0.3, -0.25) is 14.5 Å². The number of tetrazole rings is 1. The Labute approximate surface area is 206 Å². The van der Waals surface area contributed by atoms with Gasteiger partial charge in [-0.05, 0) is 34.2 Å². The number of carboxylic acid groups (broad SMARTS) is 1. The molecule has 4 rings (SSSR count). The molecule has 0 bridgehead atoms. The molecule has 1 aromatic heterocycles. The largest absolute Gasteiger partial charge is 0.504 e. The number of benzene rings is 1. The van der Waals surface area contributed by atoms with E-state index in [1.807, 2.05) is 0 Å². The number of rotatable bonds is 8. The van der Waals surface area contributed by atoms with Gasteiger partial charge >= 0.3 is 5.97 Å². The molecule has 2 amide bonds. The molecular formula is C19H19N7O7S2. The zero-order chi connectivity index (χ0) is 25.3. The number of aliphatic carboxylic acids is 1. The van der Waals surface area contributed by atoms with Crippen molar-refractivity contribution in [3.05, 3.63) is 35.0 Å². The molecule has 2 atom stereocenters. The smallest absolute Gasteiger partial charge is 0.352 e. The number of hydrogen-bond donors (Lipinski definition) is 4. The molecule has 4 N–H and O–H groups in total. The van der Waals surface area contributed by atoms with Crippen LogP contribution in [0.4, 0.5) is 0 Å². The summed E-state index contributed by atoms with van der Waals surface area (Å²) < 4.78 is 6.45. The molecule has 1 aromatic carbocycles. The summed E-state index contributed by atoms with van der Waals surface area (Å²) in [4.78, 5) is 38.8. The van der Waals surface area contributed by atoms with Crippen LogP contribution in [-0.4, -0.2) is 94.1 Å². The number of methoxy groups -OCH3 is 1. The topological polar surface area (TPSA) is 192 Å². The number of hydrogen-bond acceptors (Lipinski definition) is 12. The molecule has 2 aliphatic rings. The van der Waals surface area contributed by atoms with E-state index in [4.69, 9.17) is 4.74 Å². The maximum absolute atomic E-state index is 12.9. The number of carboxylic acids is 1. The van der Waals surface area contributed by atoms with E-state index in [0.717, 1.165) is 4.90 Å². The van der Waals surface area contributed by atoms with Gasteiger partial charge in [-0.2, -0.15) is 0 Å². The van der Waals surface area contributed by atoms with E-state index in [0.29, 0.717) is 16.5 Å². The number of aromatic nitrogens is 4. The number of β-lactam (4-membered cyclic amide) rings is 1. The van der Waals surface area contributed by atoms with Crippen LogP contribution in [0.1, 0.15) is 5.56 Å². The highest BCUT2D eigenvalue weighted by Crippen LogP contribution is 2.41. The molecule has 0 aliphatic carbocycles. The number of nitrogens with one attached hydrogen (secondary N) is 1. The normalized spacial score (nSPS) is 19.8. The van der Waals surface area contributed by atoms with Gasteiger partial charge in [0, 0.05) is 24.1 Å². The van der Waals surface area contributed by atoms with Crippen LogP contribution < -0.4 is 10.1 Å². The van der Waals surface area contributed by atoms with E-state index in [1.54, 1.807) is 7.05 Å². The number of phenols is 1. The number of carbonyl (C=O) groups is 3. The minimum atomic E-state index is -1.26. The number of oxime groups is 1. The molecule has 3 heterocycles. The molecule has 1 unspecified atom stereocenters. The molecule has 184 valence electrons. The zero-order valence-corrected chi connectivity index (χ0v) is 19.9. The fourth-order valence-corrected chi connectivity index (χ4v) is 5.89. The minimum absolute atomic E-state index is 0.0592. The van der Waals surface area contributed by atoms with Crippen molar-refractivity contribution >= 4 is 47.0 Å². The Hall–Kier alpha value is -3.79. The van der Waals surface area contributed by atoms with E-state index in [9.17, 15) is 29.8 Å². The molecule has 0 saturated carbocycles. The summed E-state index contributed by atoms with van der Waals surface area (Å²) in [6.07, 6.45) is 0. The molecule has 0 radical (unpaired) electrons. The van der Waals surface area contributed by atoms with Crippen molar-refractivity contribution in [2.24, 2.45) is 12.2 Å². The SMILES string of the molecule is COc1cc(C(=NO)C(=O)NC2C(=O)N3C(C(=O)O)=C(CSc4nnnn4C)CS[C@H]23)ccc1O. The number of ether oxygens (including phenoxy) is 1. The maximum atomic E-state index is 12.9. The summed E-state index contributed by atoms with van der Waals surface area (Å²) in [5.41, 5.74) is 0.131. The van der Waals surface area contributed by atoms with Crippen molar-refractivity contribution in [1.29, 1.82) is 0 Å². The standard InChI is InChI=1S/C19H19N7O7S2/c1-25-19(21-23-24-25)35-7-9-6-34-17-13(16(29)26(17)14(9)18(30)31)20-15(28)12(22-32)8-3-4-10(27)11(5-8)33-2/h3-5,13,17,27,32H,6-7H2,1-2H3,(H,20,28)(H,30,31)/t13?,17-/m1/s1. The number of aromatic hydroxyl groups is 1. The van der Waals surface area contributed by atoms with Crippen LogP contribution in [0.25, 0.3) is 0 Å². The number of amides is 2. The summed E-state index contributed by atoms with van der Waals surface area (Å²) in [5.74, 6) is -2.24. The molecule has 0 spiro atoms. The molecule has 1 saturated heterocycles. The van der Waals surface area contributed by atoms with E-state index in [-0.39, 0.29) is 28.5 Å². The van der Waals surface area contributed by atoms with Crippen molar-refractivity contribution in [3.8, 4) is 11.5 Å². The minimum Gasteiger partial charge on any atom is -0.504 e. The predicted octanol–water partition coefficient (Wildman–Crippen LogP) is -0.366. The highest BCUT2D eigenvalue weighted by Gasteiger charge is 2.54.